The molecule has 0 unspecified atom stereocenters. The van der Waals surface area contributed by atoms with Crippen LogP contribution in [0.25, 0.3) is 0 Å². The van der Waals surface area contributed by atoms with Gasteiger partial charge in [0.05, 0.1) is 11.1 Å². The molecule has 3 N–H and O–H groups in total. The van der Waals surface area contributed by atoms with Crippen molar-refractivity contribution >= 4 is 29.3 Å². The molecule has 0 radical (unpaired) electrons. The summed E-state index contributed by atoms with van der Waals surface area (Å²) in [7, 11) is 0. The second-order valence-corrected chi connectivity index (χ2v) is 6.47. The highest BCUT2D eigenvalue weighted by molar-refractivity contribution is 6.30. The summed E-state index contributed by atoms with van der Waals surface area (Å²) < 4.78 is 5.52. The fourth-order valence-corrected chi connectivity index (χ4v) is 1.93. The summed E-state index contributed by atoms with van der Waals surface area (Å²) in [5.41, 5.74) is -0.328. The lowest BCUT2D eigenvalue weighted by atomic mass is 9.99. The van der Waals surface area contributed by atoms with Crippen LogP contribution in [-0.4, -0.2) is 33.7 Å². The van der Waals surface area contributed by atoms with Crippen molar-refractivity contribution in [1.82, 2.24) is 10.3 Å². The zero-order valence-corrected chi connectivity index (χ0v) is 14.4. The zero-order chi connectivity index (χ0) is 17.6. The number of ether oxygens (including phenoxy) is 1. The molecule has 0 saturated carbocycles. The number of urea groups is 1. The predicted octanol–water partition coefficient (Wildman–Crippen LogP) is 3.29. The van der Waals surface area contributed by atoms with Crippen molar-refractivity contribution in [1.29, 1.82) is 0 Å². The lowest BCUT2D eigenvalue weighted by Crippen LogP contribution is -2.45. The van der Waals surface area contributed by atoms with Crippen LogP contribution in [0.1, 0.15) is 40.5 Å². The minimum absolute atomic E-state index is 0.0340. The SMILES string of the molecule is CC(C)Oc1ncc(Cl)cc1NC(=O)NC(C)(C)CCC(=O)O. The van der Waals surface area contributed by atoms with Gasteiger partial charge in [-0.15, -0.1) is 0 Å². The van der Waals surface area contributed by atoms with Gasteiger partial charge in [0.25, 0.3) is 0 Å². The Morgan fingerprint density at radius 1 is 1.43 bits per heavy atom. The molecule has 0 aliphatic rings. The number of hydrogen-bond acceptors (Lipinski definition) is 4. The van der Waals surface area contributed by atoms with Gasteiger partial charge in [-0.1, -0.05) is 11.6 Å². The van der Waals surface area contributed by atoms with Crippen molar-refractivity contribution in [2.24, 2.45) is 0 Å². The van der Waals surface area contributed by atoms with Crippen molar-refractivity contribution in [3.63, 3.8) is 0 Å². The molecule has 7 nitrogen and oxygen atoms in total. The molecule has 0 aromatic carbocycles. The van der Waals surface area contributed by atoms with E-state index in [4.69, 9.17) is 21.4 Å². The molecular formula is C15H22ClN3O4. The minimum atomic E-state index is -0.910. The largest absolute Gasteiger partial charge is 0.481 e. The Bertz CT molecular complexity index is 576. The van der Waals surface area contributed by atoms with E-state index in [1.165, 1.54) is 12.3 Å². The Labute approximate surface area is 140 Å². The molecule has 1 aromatic rings. The number of aliphatic carboxylic acids is 1. The van der Waals surface area contributed by atoms with E-state index in [0.717, 1.165) is 0 Å². The van der Waals surface area contributed by atoms with Gasteiger partial charge in [0.2, 0.25) is 5.88 Å². The number of anilines is 1. The van der Waals surface area contributed by atoms with Crippen LogP contribution in [0.2, 0.25) is 5.02 Å². The van der Waals surface area contributed by atoms with E-state index >= 15 is 0 Å². The van der Waals surface area contributed by atoms with Crippen molar-refractivity contribution in [3.8, 4) is 5.88 Å². The smallest absolute Gasteiger partial charge is 0.319 e. The van der Waals surface area contributed by atoms with E-state index in [0.29, 0.717) is 17.1 Å². The maximum absolute atomic E-state index is 12.1. The summed E-state index contributed by atoms with van der Waals surface area (Å²) in [6.45, 7) is 7.18. The predicted molar refractivity (Wildman–Crippen MR) is 88.1 cm³/mol. The molecule has 0 fully saturated rings. The van der Waals surface area contributed by atoms with Gasteiger partial charge in [-0.25, -0.2) is 9.78 Å². The van der Waals surface area contributed by atoms with Crippen LogP contribution in [0.5, 0.6) is 5.88 Å². The van der Waals surface area contributed by atoms with Crippen LogP contribution in [0.15, 0.2) is 12.3 Å². The maximum Gasteiger partial charge on any atom is 0.319 e. The quantitative estimate of drug-likeness (QED) is 0.705. The summed E-state index contributed by atoms with van der Waals surface area (Å²) in [6.07, 6.45) is 1.59. The van der Waals surface area contributed by atoms with Crippen molar-refractivity contribution in [2.45, 2.75) is 52.2 Å². The molecule has 0 bridgehead atoms. The fraction of sp³-hybridized carbons (Fsp3) is 0.533. The third-order valence-corrected chi connectivity index (χ3v) is 3.04. The number of carbonyl (C=O) groups excluding carboxylic acids is 1. The molecule has 0 atom stereocenters. The van der Waals surface area contributed by atoms with Crippen molar-refractivity contribution < 1.29 is 19.4 Å². The molecule has 128 valence electrons. The van der Waals surface area contributed by atoms with Gasteiger partial charge in [0, 0.05) is 18.2 Å². The minimum Gasteiger partial charge on any atom is -0.481 e. The zero-order valence-electron chi connectivity index (χ0n) is 13.6. The van der Waals surface area contributed by atoms with E-state index < -0.39 is 17.5 Å². The molecule has 8 heteroatoms. The Morgan fingerprint density at radius 3 is 2.65 bits per heavy atom. The van der Waals surface area contributed by atoms with E-state index in [2.05, 4.69) is 15.6 Å². The van der Waals surface area contributed by atoms with Gasteiger partial charge in [0.15, 0.2) is 0 Å². The highest BCUT2D eigenvalue weighted by Gasteiger charge is 2.22. The number of nitrogens with zero attached hydrogens (tertiary/aromatic N) is 1. The second-order valence-electron chi connectivity index (χ2n) is 6.03. The molecule has 1 heterocycles. The van der Waals surface area contributed by atoms with Crippen LogP contribution in [0.3, 0.4) is 0 Å². The number of carbonyl (C=O) groups is 2. The molecule has 1 rings (SSSR count). The first-order chi connectivity index (χ1) is 10.6. The lowest BCUT2D eigenvalue weighted by molar-refractivity contribution is -0.137. The highest BCUT2D eigenvalue weighted by atomic mass is 35.5. The average molecular weight is 344 g/mol. The van der Waals surface area contributed by atoms with Crippen LogP contribution in [0, 0.1) is 0 Å². The van der Waals surface area contributed by atoms with E-state index in [1.807, 2.05) is 13.8 Å². The number of hydrogen-bond donors (Lipinski definition) is 3. The van der Waals surface area contributed by atoms with Gasteiger partial charge < -0.3 is 20.5 Å². The van der Waals surface area contributed by atoms with Gasteiger partial charge >= 0.3 is 12.0 Å². The van der Waals surface area contributed by atoms with E-state index in [-0.39, 0.29) is 18.4 Å². The number of aromatic nitrogens is 1. The summed E-state index contributed by atoms with van der Waals surface area (Å²) in [5, 5.41) is 14.4. The summed E-state index contributed by atoms with van der Waals surface area (Å²) >= 11 is 5.90. The summed E-state index contributed by atoms with van der Waals surface area (Å²) in [4.78, 5) is 26.8. The summed E-state index contributed by atoms with van der Waals surface area (Å²) in [5.74, 6) is -0.644. The standard InChI is InChI=1S/C15H22ClN3O4/c1-9(2)23-13-11(7-10(16)8-17-13)18-14(22)19-15(3,4)6-5-12(20)21/h7-9H,5-6H2,1-4H3,(H,20,21)(H2,18,19,22). The number of carboxylic acid groups (broad SMARTS) is 1. The average Bonchev–Trinajstić information content (AvgIpc) is 2.38. The Morgan fingerprint density at radius 2 is 2.09 bits per heavy atom. The Balaban J connectivity index is 2.76. The number of amides is 2. The van der Waals surface area contributed by atoms with Gasteiger partial charge in [-0.2, -0.15) is 0 Å². The molecular weight excluding hydrogens is 322 g/mol. The molecule has 2 amide bonds. The van der Waals surface area contributed by atoms with Gasteiger partial charge in [-0.05, 0) is 40.2 Å². The first kappa shape index (κ1) is 19.0. The maximum atomic E-state index is 12.1. The van der Waals surface area contributed by atoms with Crippen LogP contribution in [-0.2, 0) is 4.79 Å². The van der Waals surface area contributed by atoms with E-state index in [1.54, 1.807) is 13.8 Å². The Hall–Kier alpha value is -2.02. The number of nitrogens with one attached hydrogen (secondary N) is 2. The molecule has 0 spiro atoms. The Kier molecular flexibility index (Phi) is 6.62. The van der Waals surface area contributed by atoms with Crippen LogP contribution < -0.4 is 15.4 Å². The molecule has 0 aliphatic carbocycles. The molecule has 0 saturated heterocycles. The first-order valence-corrected chi connectivity index (χ1v) is 7.60. The van der Waals surface area contributed by atoms with Gasteiger partial charge in [0.1, 0.15) is 5.69 Å². The normalized spacial score (nSPS) is 11.2. The third-order valence-electron chi connectivity index (χ3n) is 2.83. The number of rotatable bonds is 7. The van der Waals surface area contributed by atoms with Crippen LogP contribution >= 0.6 is 11.6 Å². The highest BCUT2D eigenvalue weighted by Crippen LogP contribution is 2.26. The number of halogens is 1. The molecule has 1 aromatic heterocycles. The number of pyridine rings is 1. The number of carboxylic acids is 1. The molecule has 0 aliphatic heterocycles. The fourth-order valence-electron chi connectivity index (χ4n) is 1.78. The van der Waals surface area contributed by atoms with Gasteiger partial charge in [-0.3, -0.25) is 4.79 Å². The van der Waals surface area contributed by atoms with E-state index in [9.17, 15) is 9.59 Å². The third kappa shape index (κ3) is 7.19. The molecule has 23 heavy (non-hydrogen) atoms. The first-order valence-electron chi connectivity index (χ1n) is 7.22. The van der Waals surface area contributed by atoms with Crippen LogP contribution in [0.4, 0.5) is 10.5 Å². The lowest BCUT2D eigenvalue weighted by Gasteiger charge is -2.26. The topological polar surface area (TPSA) is 101 Å². The monoisotopic (exact) mass is 343 g/mol. The summed E-state index contributed by atoms with van der Waals surface area (Å²) in [6, 6.07) is 1.05. The second kappa shape index (κ2) is 8.01. The van der Waals surface area contributed by atoms with Crippen molar-refractivity contribution in [3.05, 3.63) is 17.3 Å². The van der Waals surface area contributed by atoms with Crippen molar-refractivity contribution in [2.75, 3.05) is 5.32 Å².